The van der Waals surface area contributed by atoms with E-state index in [0.29, 0.717) is 8.04 Å². The Morgan fingerprint density at radius 3 is 2.69 bits per heavy atom. The number of hydrogen-bond acceptors (Lipinski definition) is 2. The summed E-state index contributed by atoms with van der Waals surface area (Å²) >= 11 is 4.92. The largest absolute Gasteiger partial charge is 0.480 e. The molecule has 0 aromatic carbocycles. The van der Waals surface area contributed by atoms with Gasteiger partial charge in [-0.2, -0.15) is 0 Å². The molecule has 4 nitrogen and oxygen atoms in total. The number of aromatic nitrogens is 1. The van der Waals surface area contributed by atoms with Gasteiger partial charge < -0.3 is 9.67 Å². The Kier molecular flexibility index (Phi) is 3.48. The van der Waals surface area contributed by atoms with Crippen molar-refractivity contribution in [2.24, 2.45) is 0 Å². The highest BCUT2D eigenvalue weighted by molar-refractivity contribution is 14.1. The molecule has 1 heterocycles. The summed E-state index contributed by atoms with van der Waals surface area (Å²) in [7, 11) is 0. The first-order valence-corrected chi connectivity index (χ1v) is 5.15. The number of hydrogen-bond donors (Lipinski definition) is 1. The van der Waals surface area contributed by atoms with Crippen LogP contribution in [-0.4, -0.2) is 15.6 Å². The van der Waals surface area contributed by atoms with E-state index in [1.54, 1.807) is 0 Å². The second-order valence-corrected chi connectivity index (χ2v) is 4.37. The van der Waals surface area contributed by atoms with Crippen molar-refractivity contribution in [1.82, 2.24) is 4.57 Å². The first-order valence-electron chi connectivity index (χ1n) is 3.27. The summed E-state index contributed by atoms with van der Waals surface area (Å²) in [5, 5.41) is 8.50. The molecule has 1 aromatic heterocycles. The molecule has 6 heteroatoms. The summed E-state index contributed by atoms with van der Waals surface area (Å²) in [5.74, 6) is -0.939. The maximum absolute atomic E-state index is 11.2. The van der Waals surface area contributed by atoms with Gasteiger partial charge in [0, 0.05) is 12.4 Å². The fourth-order valence-corrected chi connectivity index (χ4v) is 2.30. The third kappa shape index (κ3) is 2.80. The first-order chi connectivity index (χ1) is 6.00. The van der Waals surface area contributed by atoms with Gasteiger partial charge in [-0.15, -0.1) is 0 Å². The number of nitrogens with zero attached hydrogens (tertiary/aromatic N) is 1. The van der Waals surface area contributed by atoms with E-state index >= 15 is 0 Å². The van der Waals surface area contributed by atoms with Crippen molar-refractivity contribution in [2.45, 2.75) is 6.54 Å². The summed E-state index contributed by atoms with van der Waals surface area (Å²) < 4.78 is 2.31. The quantitative estimate of drug-likeness (QED) is 0.812. The summed E-state index contributed by atoms with van der Waals surface area (Å²) in [5.41, 5.74) is -0.123. The third-order valence-corrected chi connectivity index (χ3v) is 2.64. The number of halogens is 2. The van der Waals surface area contributed by atoms with Crippen LogP contribution in [0.1, 0.15) is 0 Å². The number of carboxylic acid groups (broad SMARTS) is 1. The Morgan fingerprint density at radius 1 is 1.62 bits per heavy atom. The van der Waals surface area contributed by atoms with Crippen LogP contribution in [0.15, 0.2) is 21.7 Å². The molecule has 0 atom stereocenters. The second kappa shape index (κ2) is 4.23. The molecule has 0 aliphatic heterocycles. The fraction of sp³-hybridized carbons (Fsp3) is 0.143. The summed E-state index contributed by atoms with van der Waals surface area (Å²) in [4.78, 5) is 21.6. The Hall–Kier alpha value is -0.370. The van der Waals surface area contributed by atoms with Crippen molar-refractivity contribution in [2.75, 3.05) is 0 Å². The van der Waals surface area contributed by atoms with Crippen LogP contribution >= 0.6 is 38.5 Å². The highest BCUT2D eigenvalue weighted by Gasteiger charge is 2.04. The molecule has 0 aliphatic rings. The molecule has 0 saturated heterocycles. The first kappa shape index (κ1) is 10.7. The Balaban J connectivity index is 3.13. The molecule has 0 bridgehead atoms. The number of aliphatic carboxylic acids is 1. The van der Waals surface area contributed by atoms with Crippen LogP contribution in [0, 0.1) is 3.57 Å². The zero-order valence-electron chi connectivity index (χ0n) is 6.33. The second-order valence-electron chi connectivity index (χ2n) is 2.35. The minimum absolute atomic E-state index is 0.123. The SMILES string of the molecule is O=C(O)Cn1cc(Br)c(=O)c(I)c1. The Labute approximate surface area is 95.8 Å². The predicted octanol–water partition coefficient (Wildman–Crippen LogP) is 1.30. The van der Waals surface area contributed by atoms with Crippen molar-refractivity contribution in [3.05, 3.63) is 30.7 Å². The minimum atomic E-state index is -0.939. The van der Waals surface area contributed by atoms with Gasteiger partial charge in [-0.1, -0.05) is 0 Å². The van der Waals surface area contributed by atoms with Crippen molar-refractivity contribution in [3.63, 3.8) is 0 Å². The Morgan fingerprint density at radius 2 is 2.23 bits per heavy atom. The van der Waals surface area contributed by atoms with Crippen LogP contribution in [0.2, 0.25) is 0 Å². The van der Waals surface area contributed by atoms with Gasteiger partial charge in [0.15, 0.2) is 0 Å². The molecule has 0 aliphatic carbocycles. The van der Waals surface area contributed by atoms with E-state index in [1.807, 2.05) is 22.6 Å². The molecule has 0 spiro atoms. The van der Waals surface area contributed by atoms with E-state index in [4.69, 9.17) is 5.11 Å². The topological polar surface area (TPSA) is 59.3 Å². The van der Waals surface area contributed by atoms with Crippen LogP contribution in [-0.2, 0) is 11.3 Å². The van der Waals surface area contributed by atoms with Gasteiger partial charge in [-0.3, -0.25) is 9.59 Å². The molecule has 1 N–H and O–H groups in total. The standard InChI is InChI=1S/C7H5BrINO3/c8-4-1-10(3-6(11)12)2-5(9)7(4)13/h1-2H,3H2,(H,11,12). The number of rotatable bonds is 2. The van der Waals surface area contributed by atoms with E-state index in [0.717, 1.165) is 0 Å². The molecule has 1 rings (SSSR count). The lowest BCUT2D eigenvalue weighted by atomic mass is 10.4. The van der Waals surface area contributed by atoms with Gasteiger partial charge >= 0.3 is 5.97 Å². The molecule has 0 amide bonds. The van der Waals surface area contributed by atoms with Crippen LogP contribution in [0.4, 0.5) is 0 Å². The minimum Gasteiger partial charge on any atom is -0.480 e. The van der Waals surface area contributed by atoms with Crippen molar-refractivity contribution < 1.29 is 9.90 Å². The highest BCUT2D eigenvalue weighted by atomic mass is 127. The molecule has 0 unspecified atom stereocenters. The van der Waals surface area contributed by atoms with E-state index in [2.05, 4.69) is 15.9 Å². The normalized spacial score (nSPS) is 10.0. The number of pyridine rings is 1. The van der Waals surface area contributed by atoms with Gasteiger partial charge in [0.25, 0.3) is 0 Å². The van der Waals surface area contributed by atoms with Gasteiger partial charge in [-0.05, 0) is 38.5 Å². The average molecular weight is 358 g/mol. The molecule has 0 radical (unpaired) electrons. The maximum atomic E-state index is 11.2. The summed E-state index contributed by atoms with van der Waals surface area (Å²) in [6, 6.07) is 0. The molecular formula is C7H5BrINO3. The molecule has 0 saturated carbocycles. The van der Waals surface area contributed by atoms with E-state index < -0.39 is 5.97 Å². The highest BCUT2D eigenvalue weighted by Crippen LogP contribution is 2.06. The smallest absolute Gasteiger partial charge is 0.323 e. The van der Waals surface area contributed by atoms with E-state index in [1.165, 1.54) is 17.0 Å². The maximum Gasteiger partial charge on any atom is 0.323 e. The van der Waals surface area contributed by atoms with Gasteiger partial charge in [0.05, 0.1) is 8.04 Å². The molecule has 13 heavy (non-hydrogen) atoms. The van der Waals surface area contributed by atoms with Gasteiger partial charge in [0.1, 0.15) is 6.54 Å². The van der Waals surface area contributed by atoms with Gasteiger partial charge in [-0.25, -0.2) is 0 Å². The lowest BCUT2D eigenvalue weighted by Gasteiger charge is -2.03. The van der Waals surface area contributed by atoms with Crippen molar-refractivity contribution in [1.29, 1.82) is 0 Å². The summed E-state index contributed by atoms with van der Waals surface area (Å²) in [6.45, 7) is -0.144. The van der Waals surface area contributed by atoms with Crippen molar-refractivity contribution >= 4 is 44.5 Å². The zero-order chi connectivity index (χ0) is 10.0. The summed E-state index contributed by atoms with van der Waals surface area (Å²) in [6.07, 6.45) is 2.96. The van der Waals surface area contributed by atoms with E-state index in [-0.39, 0.29) is 12.0 Å². The number of carbonyl (C=O) groups is 1. The predicted molar refractivity (Wildman–Crippen MR) is 58.8 cm³/mol. The van der Waals surface area contributed by atoms with Crippen LogP contribution in [0.25, 0.3) is 0 Å². The molecular weight excluding hydrogens is 353 g/mol. The fourth-order valence-electron chi connectivity index (χ4n) is 0.807. The monoisotopic (exact) mass is 357 g/mol. The number of carboxylic acids is 1. The van der Waals surface area contributed by atoms with Crippen LogP contribution < -0.4 is 5.43 Å². The lowest BCUT2D eigenvalue weighted by Crippen LogP contribution is -2.15. The third-order valence-electron chi connectivity index (χ3n) is 1.31. The average Bonchev–Trinajstić information content (AvgIpc) is 1.98. The van der Waals surface area contributed by atoms with E-state index in [9.17, 15) is 9.59 Å². The van der Waals surface area contributed by atoms with Crippen LogP contribution in [0.5, 0.6) is 0 Å². The van der Waals surface area contributed by atoms with Crippen LogP contribution in [0.3, 0.4) is 0 Å². The Bertz CT molecular complexity index is 375. The molecule has 1 aromatic rings. The zero-order valence-corrected chi connectivity index (χ0v) is 10.1. The lowest BCUT2D eigenvalue weighted by molar-refractivity contribution is -0.137. The van der Waals surface area contributed by atoms with Gasteiger partial charge in [0.2, 0.25) is 5.43 Å². The molecule has 70 valence electrons. The van der Waals surface area contributed by atoms with Crippen molar-refractivity contribution in [3.8, 4) is 0 Å². The molecule has 0 fully saturated rings.